The predicted molar refractivity (Wildman–Crippen MR) is 112 cm³/mol. The summed E-state index contributed by atoms with van der Waals surface area (Å²) in [4.78, 5) is 14.6. The fourth-order valence-electron chi connectivity index (χ4n) is 4.13. The summed E-state index contributed by atoms with van der Waals surface area (Å²) in [5.74, 6) is -0.156. The molecule has 3 nitrogen and oxygen atoms in total. The fourth-order valence-corrected chi connectivity index (χ4v) is 4.13. The van der Waals surface area contributed by atoms with Crippen molar-refractivity contribution >= 4 is 36.3 Å². The second-order valence-corrected chi connectivity index (χ2v) is 7.21. The number of hydrogen-bond donors (Lipinski definition) is 1. The van der Waals surface area contributed by atoms with Crippen LogP contribution in [0.2, 0.25) is 0 Å². The zero-order chi connectivity index (χ0) is 18.1. The van der Waals surface area contributed by atoms with Crippen LogP contribution in [0.5, 0.6) is 0 Å². The van der Waals surface area contributed by atoms with Gasteiger partial charge in [0.25, 0.3) is 0 Å². The first-order chi connectivity index (χ1) is 12.6. The molecular formula is C21H24Cl2F2N2O. The van der Waals surface area contributed by atoms with Crippen LogP contribution in [-0.2, 0) is 0 Å². The van der Waals surface area contributed by atoms with Crippen LogP contribution < -0.4 is 5.32 Å². The lowest BCUT2D eigenvalue weighted by molar-refractivity contribution is 0.0971. The molecule has 28 heavy (non-hydrogen) atoms. The average Bonchev–Trinajstić information content (AvgIpc) is 2.99. The topological polar surface area (TPSA) is 32.3 Å². The molecule has 0 saturated carbocycles. The van der Waals surface area contributed by atoms with Crippen LogP contribution in [0.25, 0.3) is 0 Å². The third-order valence-corrected chi connectivity index (χ3v) is 5.50. The van der Waals surface area contributed by atoms with Crippen LogP contribution in [-0.4, -0.2) is 36.4 Å². The molecule has 0 radical (unpaired) electrons. The van der Waals surface area contributed by atoms with Crippen LogP contribution in [0.1, 0.15) is 41.1 Å². The molecule has 7 heteroatoms. The Morgan fingerprint density at radius 2 is 1.79 bits per heavy atom. The lowest BCUT2D eigenvalue weighted by Crippen LogP contribution is -2.42. The van der Waals surface area contributed by atoms with Crippen LogP contribution >= 0.6 is 24.8 Å². The molecule has 1 saturated heterocycles. The van der Waals surface area contributed by atoms with Gasteiger partial charge >= 0.3 is 0 Å². The Balaban J connectivity index is 0.00000140. The first-order valence-corrected chi connectivity index (χ1v) is 9.17. The molecule has 2 heterocycles. The Kier molecular flexibility index (Phi) is 7.81. The van der Waals surface area contributed by atoms with Gasteiger partial charge in [0, 0.05) is 42.7 Å². The van der Waals surface area contributed by atoms with Crippen LogP contribution in [0.15, 0.2) is 42.5 Å². The van der Waals surface area contributed by atoms with E-state index >= 15 is 0 Å². The summed E-state index contributed by atoms with van der Waals surface area (Å²) < 4.78 is 26.5. The number of piperidine rings is 1. The van der Waals surface area contributed by atoms with Crippen molar-refractivity contribution in [2.24, 2.45) is 0 Å². The van der Waals surface area contributed by atoms with E-state index in [9.17, 15) is 13.6 Å². The molecule has 2 atom stereocenters. The number of nitrogens with one attached hydrogen (secondary N) is 1. The number of nitrogens with zero attached hydrogens (tertiary/aromatic N) is 1. The predicted octanol–water partition coefficient (Wildman–Crippen LogP) is 5.05. The Labute approximate surface area is 176 Å². The highest BCUT2D eigenvalue weighted by molar-refractivity contribution is 5.95. The zero-order valence-corrected chi connectivity index (χ0v) is 17.0. The monoisotopic (exact) mass is 428 g/mol. The van der Waals surface area contributed by atoms with Crippen LogP contribution in [0, 0.1) is 11.6 Å². The molecule has 2 unspecified atom stereocenters. The molecule has 1 fully saturated rings. The number of benzene rings is 2. The number of carbonyl (C=O) groups is 1. The lowest BCUT2D eigenvalue weighted by atomic mass is 9.89. The first-order valence-electron chi connectivity index (χ1n) is 9.17. The molecule has 2 aromatic rings. The lowest BCUT2D eigenvalue weighted by Gasteiger charge is -2.35. The van der Waals surface area contributed by atoms with Crippen LogP contribution in [0.3, 0.4) is 0 Å². The van der Waals surface area contributed by atoms with Gasteiger partial charge in [-0.2, -0.15) is 0 Å². The van der Waals surface area contributed by atoms with Gasteiger partial charge in [-0.3, -0.25) is 4.79 Å². The molecule has 4 rings (SSSR count). The van der Waals surface area contributed by atoms with E-state index in [1.54, 1.807) is 18.2 Å². The highest BCUT2D eigenvalue weighted by Gasteiger charge is 2.36. The zero-order valence-electron chi connectivity index (χ0n) is 15.4. The Bertz CT molecular complexity index is 817. The van der Waals surface area contributed by atoms with Crippen molar-refractivity contribution in [2.75, 3.05) is 25.0 Å². The summed E-state index contributed by atoms with van der Waals surface area (Å²) >= 11 is 0. The van der Waals surface area contributed by atoms with Crippen molar-refractivity contribution in [2.45, 2.75) is 31.2 Å². The van der Waals surface area contributed by atoms with Crippen molar-refractivity contribution in [1.82, 2.24) is 4.90 Å². The average molecular weight is 429 g/mol. The second-order valence-electron chi connectivity index (χ2n) is 7.21. The van der Waals surface area contributed by atoms with E-state index in [1.165, 1.54) is 18.2 Å². The Morgan fingerprint density at radius 3 is 2.54 bits per heavy atom. The van der Waals surface area contributed by atoms with Gasteiger partial charge in [0.15, 0.2) is 5.78 Å². The molecule has 0 amide bonds. The van der Waals surface area contributed by atoms with E-state index in [-0.39, 0.29) is 42.2 Å². The molecule has 2 aliphatic rings. The maximum Gasteiger partial charge on any atom is 0.162 e. The van der Waals surface area contributed by atoms with Crippen LogP contribution in [0.4, 0.5) is 14.5 Å². The maximum absolute atomic E-state index is 13.6. The highest BCUT2D eigenvalue weighted by atomic mass is 35.5. The molecule has 2 aliphatic heterocycles. The quantitative estimate of drug-likeness (QED) is 0.675. The molecule has 0 aliphatic carbocycles. The summed E-state index contributed by atoms with van der Waals surface area (Å²) in [6.07, 6.45) is 2.25. The van der Waals surface area contributed by atoms with Gasteiger partial charge in [-0.1, -0.05) is 0 Å². The van der Waals surface area contributed by atoms with E-state index in [0.29, 0.717) is 23.9 Å². The number of hydrogen-bond acceptors (Lipinski definition) is 3. The summed E-state index contributed by atoms with van der Waals surface area (Å²) in [6.45, 7) is 2.72. The third-order valence-electron chi connectivity index (χ3n) is 5.50. The second kappa shape index (κ2) is 9.68. The Hall–Kier alpha value is -1.69. The SMILES string of the molecule is Cl.Cl.O=C(CCCN1CCC2Nc3ccc(F)cc3C2C1)c1ccc(F)cc1. The smallest absolute Gasteiger partial charge is 0.162 e. The van der Waals surface area contributed by atoms with Gasteiger partial charge < -0.3 is 10.2 Å². The minimum atomic E-state index is -0.327. The van der Waals surface area contributed by atoms with Gasteiger partial charge in [0.1, 0.15) is 11.6 Å². The molecule has 0 spiro atoms. The number of Topliss-reactive ketones (excluding diaryl/α,β-unsaturated/α-hetero) is 1. The number of fused-ring (bicyclic) bond motifs is 3. The first kappa shape index (κ1) is 22.6. The molecule has 0 aromatic heterocycles. The molecule has 152 valence electrons. The molecule has 0 bridgehead atoms. The summed E-state index contributed by atoms with van der Waals surface area (Å²) in [5, 5.41) is 3.51. The van der Waals surface area contributed by atoms with Crippen molar-refractivity contribution in [1.29, 1.82) is 0 Å². The number of carbonyl (C=O) groups excluding carboxylic acids is 1. The summed E-state index contributed by atoms with van der Waals surface area (Å²) in [5.41, 5.74) is 2.69. The van der Waals surface area contributed by atoms with E-state index in [4.69, 9.17) is 0 Å². The number of halogens is 4. The van der Waals surface area contributed by atoms with Gasteiger partial charge in [-0.05, 0) is 67.4 Å². The largest absolute Gasteiger partial charge is 0.381 e. The standard InChI is InChI=1S/C21H22F2N2O.2ClH/c22-15-5-3-14(4-6-15)21(26)2-1-10-25-11-9-20-18(13-25)17-12-16(23)7-8-19(17)24-20;;/h3-8,12,18,20,24H,1-2,9-11,13H2;2*1H. The maximum atomic E-state index is 13.6. The van der Waals surface area contributed by atoms with Crippen molar-refractivity contribution in [3.8, 4) is 0 Å². The minimum absolute atomic E-state index is 0. The van der Waals surface area contributed by atoms with Crippen molar-refractivity contribution in [3.05, 3.63) is 65.2 Å². The normalized spacial score (nSPS) is 20.2. The van der Waals surface area contributed by atoms with Gasteiger partial charge in [0.2, 0.25) is 0 Å². The van der Waals surface area contributed by atoms with Crippen molar-refractivity contribution in [3.63, 3.8) is 0 Å². The fraction of sp³-hybridized carbons (Fsp3) is 0.381. The number of anilines is 1. The van der Waals surface area contributed by atoms with E-state index in [1.807, 2.05) is 6.07 Å². The molecule has 2 aromatic carbocycles. The third kappa shape index (κ3) is 4.83. The van der Waals surface area contributed by atoms with Gasteiger partial charge in [-0.15, -0.1) is 24.8 Å². The summed E-state index contributed by atoms with van der Waals surface area (Å²) in [7, 11) is 0. The minimum Gasteiger partial charge on any atom is -0.381 e. The number of ketones is 1. The number of likely N-dealkylation sites (tertiary alicyclic amines) is 1. The van der Waals surface area contributed by atoms with E-state index in [2.05, 4.69) is 10.2 Å². The highest BCUT2D eigenvalue weighted by Crippen LogP contribution is 2.40. The van der Waals surface area contributed by atoms with E-state index in [0.717, 1.165) is 43.7 Å². The van der Waals surface area contributed by atoms with Gasteiger partial charge in [-0.25, -0.2) is 8.78 Å². The molecule has 1 N–H and O–H groups in total. The molecular weight excluding hydrogens is 405 g/mol. The van der Waals surface area contributed by atoms with Crippen molar-refractivity contribution < 1.29 is 13.6 Å². The van der Waals surface area contributed by atoms with E-state index < -0.39 is 0 Å². The van der Waals surface area contributed by atoms with Gasteiger partial charge in [0.05, 0.1) is 0 Å². The summed E-state index contributed by atoms with van der Waals surface area (Å²) in [6, 6.07) is 11.1. The number of rotatable bonds is 5. The Morgan fingerprint density at radius 1 is 1.07 bits per heavy atom.